The summed E-state index contributed by atoms with van der Waals surface area (Å²) in [5.74, 6) is 0. The van der Waals surface area contributed by atoms with Crippen molar-refractivity contribution in [3.05, 3.63) is 97.6 Å². The molecule has 0 aliphatic rings. The van der Waals surface area contributed by atoms with Gasteiger partial charge in [-0.25, -0.2) is 8.42 Å². The van der Waals surface area contributed by atoms with Gasteiger partial charge >= 0.3 is 0 Å². The molecule has 0 aromatic heterocycles. The predicted molar refractivity (Wildman–Crippen MR) is 113 cm³/mol. The van der Waals surface area contributed by atoms with Gasteiger partial charge in [0, 0.05) is 13.1 Å². The lowest BCUT2D eigenvalue weighted by Gasteiger charge is -2.29. The van der Waals surface area contributed by atoms with Gasteiger partial charge in [0.05, 0.1) is 16.6 Å². The number of nitrogens with zero attached hydrogens (tertiary/aromatic N) is 1. The Bertz CT molecular complexity index is 892. The van der Waals surface area contributed by atoms with E-state index in [1.165, 1.54) is 0 Å². The molecule has 5 heteroatoms. The summed E-state index contributed by atoms with van der Waals surface area (Å²) < 4.78 is 28.4. The lowest BCUT2D eigenvalue weighted by Crippen LogP contribution is -2.29. The molecule has 0 fully saturated rings. The Hall–Kier alpha value is -2.63. The summed E-state index contributed by atoms with van der Waals surface area (Å²) in [4.78, 5) is 2.33. The molecule has 0 spiro atoms. The summed E-state index contributed by atoms with van der Waals surface area (Å²) in [5, 5.41) is 0. The van der Waals surface area contributed by atoms with E-state index in [1.54, 1.807) is 48.6 Å². The average molecular weight is 383 g/mol. The van der Waals surface area contributed by atoms with Crippen LogP contribution in [-0.4, -0.2) is 26.4 Å². The number of para-hydroxylation sites is 1. The maximum atomic E-state index is 12.8. The molecule has 0 bridgehead atoms. The second-order valence-electron chi connectivity index (χ2n) is 6.22. The highest BCUT2D eigenvalue weighted by Gasteiger charge is 2.21. The van der Waals surface area contributed by atoms with E-state index >= 15 is 0 Å². The fraction of sp³-hybridized carbons (Fsp3) is 0.182. The van der Waals surface area contributed by atoms with Crippen molar-refractivity contribution in [2.75, 3.05) is 17.8 Å². The number of rotatable bonds is 10. The third kappa shape index (κ3) is 5.18. The highest BCUT2D eigenvalue weighted by atomic mass is 32.2. The van der Waals surface area contributed by atoms with E-state index in [0.717, 1.165) is 11.1 Å². The molecule has 142 valence electrons. The Kier molecular flexibility index (Phi) is 7.16. The van der Waals surface area contributed by atoms with E-state index < -0.39 is 10.0 Å². The first-order valence-corrected chi connectivity index (χ1v) is 10.2. The Morgan fingerprint density at radius 3 is 2.15 bits per heavy atom. The Balaban J connectivity index is 2.41. The molecule has 4 nitrogen and oxygen atoms in total. The number of hydrogen-bond acceptors (Lipinski definition) is 3. The molecule has 0 aliphatic carbocycles. The van der Waals surface area contributed by atoms with Crippen molar-refractivity contribution in [3.63, 3.8) is 0 Å². The van der Waals surface area contributed by atoms with E-state index in [0.29, 0.717) is 18.8 Å². The van der Waals surface area contributed by atoms with Crippen LogP contribution in [0.5, 0.6) is 0 Å². The first kappa shape index (κ1) is 20.7. The highest BCUT2D eigenvalue weighted by molar-refractivity contribution is 7.92. The lowest BCUT2D eigenvalue weighted by molar-refractivity contribution is 0.286. The van der Waals surface area contributed by atoms with Crippen LogP contribution in [0, 0.1) is 6.92 Å². The summed E-state index contributed by atoms with van der Waals surface area (Å²) in [6.07, 6.45) is 5.41. The number of anilines is 1. The molecule has 2 rings (SSSR count). The largest absolute Gasteiger partial charge is 0.286 e. The molecular formula is C22H26N2O2S. The maximum Gasteiger partial charge on any atom is 0.261 e. The zero-order chi connectivity index (χ0) is 19.9. The van der Waals surface area contributed by atoms with Gasteiger partial charge in [-0.3, -0.25) is 9.62 Å². The molecule has 2 aromatic rings. The molecule has 1 atom stereocenters. The summed E-state index contributed by atoms with van der Waals surface area (Å²) in [7, 11) is -3.69. The van der Waals surface area contributed by atoms with Crippen molar-refractivity contribution in [1.29, 1.82) is 0 Å². The lowest BCUT2D eigenvalue weighted by atomic mass is 10.0. The maximum absolute atomic E-state index is 12.8. The third-order valence-corrected chi connectivity index (χ3v) is 5.58. The van der Waals surface area contributed by atoms with Crippen LogP contribution in [0.2, 0.25) is 0 Å². The standard InChI is InChI=1S/C22H26N2O2S/c1-5-16-24(17-6-2)22(7-3)20-10-8-9-11-21(20)23-27(25,26)19-14-12-18(4)13-15-19/h5-15,22-23H,1-3,16-17H2,4H3/t22-/m0/s1. The van der Waals surface area contributed by atoms with Crippen molar-refractivity contribution < 1.29 is 8.42 Å². The zero-order valence-electron chi connectivity index (χ0n) is 15.6. The second-order valence-corrected chi connectivity index (χ2v) is 7.90. The SMILES string of the molecule is C=CCN(CC=C)[C@@H](C=C)c1ccccc1NS(=O)(=O)c1ccc(C)cc1. The van der Waals surface area contributed by atoms with Crippen LogP contribution in [0.4, 0.5) is 5.69 Å². The molecular weight excluding hydrogens is 356 g/mol. The van der Waals surface area contributed by atoms with Gasteiger partial charge in [0.25, 0.3) is 10.0 Å². The number of sulfonamides is 1. The molecule has 0 heterocycles. The van der Waals surface area contributed by atoms with Crippen LogP contribution in [-0.2, 0) is 10.0 Å². The fourth-order valence-corrected chi connectivity index (χ4v) is 3.96. The van der Waals surface area contributed by atoms with Gasteiger partial charge in [-0.1, -0.05) is 54.1 Å². The molecule has 0 saturated carbocycles. The molecule has 27 heavy (non-hydrogen) atoms. The molecule has 0 saturated heterocycles. The highest BCUT2D eigenvalue weighted by Crippen LogP contribution is 2.30. The van der Waals surface area contributed by atoms with E-state index in [1.807, 2.05) is 25.1 Å². The Labute approximate surface area is 162 Å². The number of nitrogens with one attached hydrogen (secondary N) is 1. The second kappa shape index (κ2) is 9.35. The van der Waals surface area contributed by atoms with Crippen LogP contribution < -0.4 is 4.72 Å². The van der Waals surface area contributed by atoms with Crippen molar-refractivity contribution >= 4 is 15.7 Å². The minimum Gasteiger partial charge on any atom is -0.286 e. The number of benzene rings is 2. The van der Waals surface area contributed by atoms with Crippen LogP contribution in [0.1, 0.15) is 17.2 Å². The van der Waals surface area contributed by atoms with E-state index in [9.17, 15) is 8.42 Å². The minimum absolute atomic E-state index is 0.182. The summed E-state index contributed by atoms with van der Waals surface area (Å²) in [6, 6.07) is 13.9. The van der Waals surface area contributed by atoms with Gasteiger partial charge in [0.2, 0.25) is 0 Å². The quantitative estimate of drug-likeness (QED) is 0.606. The van der Waals surface area contributed by atoms with Crippen molar-refractivity contribution in [1.82, 2.24) is 4.90 Å². The monoisotopic (exact) mass is 382 g/mol. The van der Waals surface area contributed by atoms with Gasteiger partial charge in [-0.2, -0.15) is 0 Å². The van der Waals surface area contributed by atoms with Gasteiger partial charge in [0.1, 0.15) is 0 Å². The first-order chi connectivity index (χ1) is 12.9. The van der Waals surface area contributed by atoms with Crippen LogP contribution in [0.25, 0.3) is 0 Å². The predicted octanol–water partition coefficient (Wildman–Crippen LogP) is 4.70. The Morgan fingerprint density at radius 1 is 1.00 bits per heavy atom. The van der Waals surface area contributed by atoms with E-state index in [2.05, 4.69) is 29.4 Å². The molecule has 1 N–H and O–H groups in total. The summed E-state index contributed by atoms with van der Waals surface area (Å²) in [5.41, 5.74) is 2.36. The normalized spacial score (nSPS) is 12.4. The van der Waals surface area contributed by atoms with E-state index in [-0.39, 0.29) is 10.9 Å². The van der Waals surface area contributed by atoms with Gasteiger partial charge in [-0.15, -0.1) is 19.7 Å². The molecule has 0 unspecified atom stereocenters. The summed E-state index contributed by atoms with van der Waals surface area (Å²) in [6.45, 7) is 14.7. The molecule has 0 radical (unpaired) electrons. The topological polar surface area (TPSA) is 49.4 Å². The number of aryl methyl sites for hydroxylation is 1. The fourth-order valence-electron chi connectivity index (χ4n) is 2.88. The minimum atomic E-state index is -3.69. The Morgan fingerprint density at radius 2 is 1.59 bits per heavy atom. The van der Waals surface area contributed by atoms with Crippen LogP contribution in [0.3, 0.4) is 0 Å². The molecule has 2 aromatic carbocycles. The van der Waals surface area contributed by atoms with Gasteiger partial charge in [-0.05, 0) is 30.7 Å². The van der Waals surface area contributed by atoms with Crippen molar-refractivity contribution in [3.8, 4) is 0 Å². The van der Waals surface area contributed by atoms with Gasteiger partial charge in [0.15, 0.2) is 0 Å². The van der Waals surface area contributed by atoms with Gasteiger partial charge < -0.3 is 0 Å². The smallest absolute Gasteiger partial charge is 0.261 e. The van der Waals surface area contributed by atoms with Crippen molar-refractivity contribution in [2.45, 2.75) is 17.9 Å². The van der Waals surface area contributed by atoms with E-state index in [4.69, 9.17) is 0 Å². The van der Waals surface area contributed by atoms with Crippen LogP contribution >= 0.6 is 0 Å². The zero-order valence-corrected chi connectivity index (χ0v) is 16.5. The first-order valence-electron chi connectivity index (χ1n) is 8.69. The molecule has 0 amide bonds. The third-order valence-electron chi connectivity index (χ3n) is 4.20. The summed E-state index contributed by atoms with van der Waals surface area (Å²) >= 11 is 0. The number of hydrogen-bond donors (Lipinski definition) is 1. The van der Waals surface area contributed by atoms with Crippen LogP contribution in [0.15, 0.2) is 91.4 Å². The average Bonchev–Trinajstić information content (AvgIpc) is 2.64. The van der Waals surface area contributed by atoms with Crippen molar-refractivity contribution in [2.24, 2.45) is 0 Å². The molecule has 0 aliphatic heterocycles.